The van der Waals surface area contributed by atoms with Crippen LogP contribution in [0.15, 0.2) is 48.5 Å². The van der Waals surface area contributed by atoms with Crippen molar-refractivity contribution in [1.29, 1.82) is 0 Å². The van der Waals surface area contributed by atoms with Crippen molar-refractivity contribution in [3.63, 3.8) is 0 Å². The van der Waals surface area contributed by atoms with Gasteiger partial charge in [0.15, 0.2) is 0 Å². The number of hydrogen-bond acceptors (Lipinski definition) is 3. The third-order valence-electron chi connectivity index (χ3n) is 4.61. The number of carbonyl (C=O) groups excluding carboxylic acids is 1. The quantitative estimate of drug-likeness (QED) is 0.723. The highest BCUT2D eigenvalue weighted by Gasteiger charge is 2.41. The van der Waals surface area contributed by atoms with E-state index < -0.39 is 12.0 Å². The minimum Gasteiger partial charge on any atom is -0.376 e. The number of anilines is 1. The largest absolute Gasteiger partial charge is 0.376 e. The Bertz CT molecular complexity index is 762. The smallest absolute Gasteiger partial charge is 0.263 e. The molecule has 1 amide bonds. The molecule has 1 heterocycles. The molecule has 6 heteroatoms. The molecule has 1 aliphatic rings. The lowest BCUT2D eigenvalue weighted by Crippen LogP contribution is -2.60. The minimum atomic E-state index is -2.54. The monoisotopic (exact) mass is 390 g/mol. The molecular weight excluding hydrogens is 362 g/mol. The molecule has 0 atom stereocenters. The summed E-state index contributed by atoms with van der Waals surface area (Å²) in [6, 6.07) is 14.2. The van der Waals surface area contributed by atoms with Crippen LogP contribution in [0, 0.1) is 0 Å². The van der Waals surface area contributed by atoms with Gasteiger partial charge in [0, 0.05) is 11.3 Å². The van der Waals surface area contributed by atoms with Crippen LogP contribution in [-0.2, 0) is 21.5 Å². The van der Waals surface area contributed by atoms with Crippen LogP contribution in [0.1, 0.15) is 43.9 Å². The van der Waals surface area contributed by atoms with Gasteiger partial charge < -0.3 is 15.4 Å². The summed E-state index contributed by atoms with van der Waals surface area (Å²) in [6.07, 6.45) is -1.85. The second-order valence-corrected chi connectivity index (χ2v) is 6.41. The zero-order valence-corrected chi connectivity index (χ0v) is 16.6. The lowest BCUT2D eigenvalue weighted by molar-refractivity contribution is -0.132. The zero-order chi connectivity index (χ0) is 20.6. The van der Waals surface area contributed by atoms with E-state index >= 15 is 0 Å². The van der Waals surface area contributed by atoms with Gasteiger partial charge in [0.25, 0.3) is 6.43 Å². The predicted molar refractivity (Wildman–Crippen MR) is 108 cm³/mol. The normalized spacial score (nSPS) is 14.5. The molecule has 1 fully saturated rings. The number of halogens is 2. The summed E-state index contributed by atoms with van der Waals surface area (Å²) in [6.45, 7) is 6.79. The summed E-state index contributed by atoms with van der Waals surface area (Å²) in [5, 5.41) is 6.01. The van der Waals surface area contributed by atoms with Crippen LogP contribution in [0.5, 0.6) is 0 Å². The van der Waals surface area contributed by atoms with Gasteiger partial charge >= 0.3 is 0 Å². The SMILES string of the molecule is CC.CCc1ccc(C(F)F)cc1NCC(=O)NC1(c2ccccc2)COC1. The fraction of sp³-hybridized carbons (Fsp3) is 0.409. The molecular formula is C22H28F2N2O2. The van der Waals surface area contributed by atoms with Crippen molar-refractivity contribution < 1.29 is 18.3 Å². The Balaban J connectivity index is 0.00000136. The fourth-order valence-electron chi connectivity index (χ4n) is 3.06. The number of alkyl halides is 2. The number of carbonyl (C=O) groups is 1. The van der Waals surface area contributed by atoms with Crippen molar-refractivity contribution in [3.05, 3.63) is 65.2 Å². The van der Waals surface area contributed by atoms with E-state index in [4.69, 9.17) is 4.74 Å². The van der Waals surface area contributed by atoms with Crippen LogP contribution in [0.2, 0.25) is 0 Å². The van der Waals surface area contributed by atoms with Gasteiger partial charge in [-0.3, -0.25) is 4.79 Å². The van der Waals surface area contributed by atoms with E-state index in [1.807, 2.05) is 51.1 Å². The van der Waals surface area contributed by atoms with Crippen molar-refractivity contribution in [2.45, 2.75) is 39.2 Å². The molecule has 2 aromatic carbocycles. The van der Waals surface area contributed by atoms with Crippen molar-refractivity contribution >= 4 is 11.6 Å². The summed E-state index contributed by atoms with van der Waals surface area (Å²) in [4.78, 5) is 12.4. The number of rotatable bonds is 7. The molecule has 3 rings (SSSR count). The Morgan fingerprint density at radius 3 is 2.36 bits per heavy atom. The van der Waals surface area contributed by atoms with Crippen LogP contribution >= 0.6 is 0 Å². The van der Waals surface area contributed by atoms with E-state index in [1.54, 1.807) is 6.07 Å². The molecule has 1 aliphatic heterocycles. The molecule has 0 aliphatic carbocycles. The van der Waals surface area contributed by atoms with Gasteiger partial charge in [0.05, 0.1) is 19.8 Å². The maximum Gasteiger partial charge on any atom is 0.263 e. The van der Waals surface area contributed by atoms with E-state index in [0.717, 1.165) is 11.1 Å². The molecule has 0 radical (unpaired) electrons. The topological polar surface area (TPSA) is 50.4 Å². The summed E-state index contributed by atoms with van der Waals surface area (Å²) in [5.74, 6) is -0.207. The summed E-state index contributed by atoms with van der Waals surface area (Å²) >= 11 is 0. The third kappa shape index (κ3) is 5.07. The molecule has 0 spiro atoms. The van der Waals surface area contributed by atoms with Crippen LogP contribution in [0.4, 0.5) is 14.5 Å². The Kier molecular flexibility index (Phi) is 7.93. The standard InChI is InChI=1S/C20H22F2N2O2.C2H6/c1-2-14-8-9-15(19(21)22)10-17(14)23-11-18(25)24-20(12-26-13-20)16-6-4-3-5-7-16;1-2/h3-10,19,23H,2,11-13H2,1H3,(H,24,25);1-2H3. The summed E-state index contributed by atoms with van der Waals surface area (Å²) < 4.78 is 31.2. The molecule has 2 aromatic rings. The molecule has 0 bridgehead atoms. The highest BCUT2D eigenvalue weighted by atomic mass is 19.3. The van der Waals surface area contributed by atoms with Gasteiger partial charge in [0.2, 0.25) is 5.91 Å². The maximum atomic E-state index is 12.9. The Hall–Kier alpha value is -2.47. The van der Waals surface area contributed by atoms with Crippen LogP contribution in [-0.4, -0.2) is 25.7 Å². The number of amides is 1. The fourth-order valence-corrected chi connectivity index (χ4v) is 3.06. The second-order valence-electron chi connectivity index (χ2n) is 6.41. The molecule has 4 nitrogen and oxygen atoms in total. The number of aryl methyl sites for hydroxylation is 1. The van der Waals surface area contributed by atoms with Crippen molar-refractivity contribution in [3.8, 4) is 0 Å². The maximum absolute atomic E-state index is 12.9. The zero-order valence-electron chi connectivity index (χ0n) is 16.6. The number of ether oxygens (including phenoxy) is 1. The average molecular weight is 390 g/mol. The van der Waals surface area contributed by atoms with Gasteiger partial charge in [-0.15, -0.1) is 0 Å². The molecule has 2 N–H and O–H groups in total. The summed E-state index contributed by atoms with van der Waals surface area (Å²) in [5.41, 5.74) is 1.89. The first-order chi connectivity index (χ1) is 13.5. The van der Waals surface area contributed by atoms with Gasteiger partial charge in [-0.25, -0.2) is 8.78 Å². The second kappa shape index (κ2) is 10.2. The number of benzene rings is 2. The highest BCUT2D eigenvalue weighted by Crippen LogP contribution is 2.29. The lowest BCUT2D eigenvalue weighted by Gasteiger charge is -2.42. The summed E-state index contributed by atoms with van der Waals surface area (Å²) in [7, 11) is 0. The Morgan fingerprint density at radius 2 is 1.82 bits per heavy atom. The predicted octanol–water partition coefficient (Wildman–Crippen LogP) is 4.67. The van der Waals surface area contributed by atoms with Crippen LogP contribution in [0.3, 0.4) is 0 Å². The minimum absolute atomic E-state index is 0.00821. The molecule has 28 heavy (non-hydrogen) atoms. The van der Waals surface area contributed by atoms with Crippen LogP contribution in [0.25, 0.3) is 0 Å². The van der Waals surface area contributed by atoms with E-state index in [2.05, 4.69) is 10.6 Å². The molecule has 1 saturated heterocycles. The first-order valence-electron chi connectivity index (χ1n) is 9.63. The molecule has 0 aromatic heterocycles. The first-order valence-corrected chi connectivity index (χ1v) is 9.63. The van der Waals surface area contributed by atoms with Crippen molar-refractivity contribution in [2.75, 3.05) is 25.1 Å². The average Bonchev–Trinajstić information content (AvgIpc) is 2.71. The Morgan fingerprint density at radius 1 is 1.14 bits per heavy atom. The van der Waals surface area contributed by atoms with E-state index in [0.29, 0.717) is 25.3 Å². The van der Waals surface area contributed by atoms with Gasteiger partial charge in [-0.1, -0.05) is 63.2 Å². The third-order valence-corrected chi connectivity index (χ3v) is 4.61. The highest BCUT2D eigenvalue weighted by molar-refractivity contribution is 5.82. The Labute approximate surface area is 165 Å². The molecule has 152 valence electrons. The molecule has 0 unspecified atom stereocenters. The van der Waals surface area contributed by atoms with Gasteiger partial charge in [-0.05, 0) is 23.6 Å². The van der Waals surface area contributed by atoms with E-state index in [-0.39, 0.29) is 18.0 Å². The molecule has 0 saturated carbocycles. The van der Waals surface area contributed by atoms with E-state index in [9.17, 15) is 13.6 Å². The van der Waals surface area contributed by atoms with Crippen molar-refractivity contribution in [1.82, 2.24) is 5.32 Å². The number of hydrogen-bond donors (Lipinski definition) is 2. The van der Waals surface area contributed by atoms with Crippen LogP contribution < -0.4 is 10.6 Å². The van der Waals surface area contributed by atoms with Crippen molar-refractivity contribution in [2.24, 2.45) is 0 Å². The first kappa shape index (κ1) is 21.8. The lowest BCUT2D eigenvalue weighted by atomic mass is 9.88. The van der Waals surface area contributed by atoms with E-state index in [1.165, 1.54) is 12.1 Å². The van der Waals surface area contributed by atoms with Gasteiger partial charge in [0.1, 0.15) is 5.54 Å². The van der Waals surface area contributed by atoms with Gasteiger partial charge in [-0.2, -0.15) is 0 Å². The number of nitrogens with one attached hydrogen (secondary N) is 2.